The normalized spacial score (nSPS) is 12.4. The molecule has 0 bridgehead atoms. The van der Waals surface area contributed by atoms with Gasteiger partial charge in [-0.15, -0.1) is 0 Å². The van der Waals surface area contributed by atoms with Gasteiger partial charge in [0.2, 0.25) is 0 Å². The van der Waals surface area contributed by atoms with Crippen molar-refractivity contribution in [3.63, 3.8) is 0 Å². The Morgan fingerprint density at radius 2 is 1.72 bits per heavy atom. The van der Waals surface area contributed by atoms with E-state index in [1.165, 1.54) is 13.2 Å². The van der Waals surface area contributed by atoms with E-state index in [2.05, 4.69) is 49.8 Å². The van der Waals surface area contributed by atoms with Crippen molar-refractivity contribution in [2.45, 2.75) is 38.9 Å². The van der Waals surface area contributed by atoms with Crippen LogP contribution in [-0.2, 0) is 0 Å². The summed E-state index contributed by atoms with van der Waals surface area (Å²) in [5, 5.41) is 0.0913. The highest BCUT2D eigenvalue weighted by molar-refractivity contribution is 9.10. The van der Waals surface area contributed by atoms with Gasteiger partial charge in [-0.3, -0.25) is 0 Å². The van der Waals surface area contributed by atoms with Gasteiger partial charge in [0.05, 0.1) is 11.6 Å². The second-order valence-corrected chi connectivity index (χ2v) is 11.4. The van der Waals surface area contributed by atoms with Crippen LogP contribution in [0.15, 0.2) is 16.6 Å². The van der Waals surface area contributed by atoms with E-state index in [1.807, 2.05) is 0 Å². The van der Waals surface area contributed by atoms with Gasteiger partial charge < -0.3 is 9.16 Å². The molecule has 18 heavy (non-hydrogen) atoms. The van der Waals surface area contributed by atoms with Crippen LogP contribution in [0, 0.1) is 5.82 Å². The molecular weight excluding hydrogens is 315 g/mol. The molecule has 2 nitrogen and oxygen atoms in total. The first kappa shape index (κ1) is 15.5. The highest BCUT2D eigenvalue weighted by atomic mass is 79.9. The van der Waals surface area contributed by atoms with Gasteiger partial charge in [-0.1, -0.05) is 20.8 Å². The van der Waals surface area contributed by atoms with Crippen molar-refractivity contribution in [2.75, 3.05) is 7.11 Å². The highest BCUT2D eigenvalue weighted by Crippen LogP contribution is 2.40. The van der Waals surface area contributed by atoms with E-state index in [0.29, 0.717) is 10.2 Å². The molecule has 0 radical (unpaired) electrons. The molecule has 1 aromatic carbocycles. The van der Waals surface area contributed by atoms with Crippen molar-refractivity contribution in [1.29, 1.82) is 0 Å². The third-order valence-electron chi connectivity index (χ3n) is 3.38. The first-order valence-corrected chi connectivity index (χ1v) is 9.50. The number of methoxy groups -OCH3 is 1. The minimum atomic E-state index is -1.94. The van der Waals surface area contributed by atoms with E-state index in [1.54, 1.807) is 6.07 Å². The van der Waals surface area contributed by atoms with Crippen LogP contribution < -0.4 is 9.16 Å². The van der Waals surface area contributed by atoms with Gasteiger partial charge in [-0.2, -0.15) is 0 Å². The maximum absolute atomic E-state index is 13.5. The van der Waals surface area contributed by atoms with Crippen LogP contribution >= 0.6 is 15.9 Å². The Bertz CT molecular complexity index is 441. The van der Waals surface area contributed by atoms with Crippen molar-refractivity contribution in [3.8, 4) is 11.5 Å². The molecule has 0 saturated heterocycles. The first-order valence-electron chi connectivity index (χ1n) is 5.80. The largest absolute Gasteiger partial charge is 0.543 e. The predicted octanol–water partition coefficient (Wildman–Crippen LogP) is 4.98. The summed E-state index contributed by atoms with van der Waals surface area (Å²) >= 11 is 3.33. The molecule has 5 heteroatoms. The van der Waals surface area contributed by atoms with Crippen LogP contribution in [0.5, 0.6) is 11.5 Å². The molecule has 0 aliphatic carbocycles. The number of rotatable bonds is 3. The summed E-state index contributed by atoms with van der Waals surface area (Å²) in [5.74, 6) is 0.443. The second kappa shape index (κ2) is 5.21. The van der Waals surface area contributed by atoms with E-state index in [0.717, 1.165) is 0 Å². The molecule has 0 saturated carbocycles. The number of hydrogen-bond donors (Lipinski definition) is 0. The Morgan fingerprint density at radius 3 is 2.17 bits per heavy atom. The summed E-state index contributed by atoms with van der Waals surface area (Å²) in [5.41, 5.74) is 0. The van der Waals surface area contributed by atoms with Crippen molar-refractivity contribution in [2.24, 2.45) is 0 Å². The quantitative estimate of drug-likeness (QED) is 0.725. The molecule has 1 rings (SSSR count). The molecule has 0 atom stereocenters. The Balaban J connectivity index is 3.12. The monoisotopic (exact) mass is 334 g/mol. The zero-order valence-corrected chi connectivity index (χ0v) is 14.3. The van der Waals surface area contributed by atoms with Crippen LogP contribution in [0.2, 0.25) is 18.1 Å². The molecule has 0 unspecified atom stereocenters. The minimum absolute atomic E-state index is 0.0913. The molecule has 0 aromatic heterocycles. The lowest BCUT2D eigenvalue weighted by Gasteiger charge is -2.36. The Hall–Kier alpha value is -0.553. The van der Waals surface area contributed by atoms with Gasteiger partial charge in [0.15, 0.2) is 11.6 Å². The zero-order valence-electron chi connectivity index (χ0n) is 11.7. The smallest absolute Gasteiger partial charge is 0.250 e. The fourth-order valence-electron chi connectivity index (χ4n) is 1.17. The average Bonchev–Trinajstić information content (AvgIpc) is 2.20. The lowest BCUT2D eigenvalue weighted by atomic mass is 10.2. The molecule has 0 fully saturated rings. The third kappa shape index (κ3) is 3.26. The summed E-state index contributed by atoms with van der Waals surface area (Å²) in [4.78, 5) is 0. The topological polar surface area (TPSA) is 18.5 Å². The van der Waals surface area contributed by atoms with Crippen LogP contribution in [0.1, 0.15) is 20.8 Å². The van der Waals surface area contributed by atoms with Crippen molar-refractivity contribution in [3.05, 3.63) is 22.4 Å². The zero-order chi connectivity index (χ0) is 14.1. The van der Waals surface area contributed by atoms with Crippen molar-refractivity contribution in [1.82, 2.24) is 0 Å². The lowest BCUT2D eigenvalue weighted by Crippen LogP contribution is -2.43. The van der Waals surface area contributed by atoms with Gasteiger partial charge in [0.25, 0.3) is 8.32 Å². The van der Waals surface area contributed by atoms with Gasteiger partial charge in [0, 0.05) is 6.07 Å². The van der Waals surface area contributed by atoms with Gasteiger partial charge in [0.1, 0.15) is 5.75 Å². The number of ether oxygens (including phenoxy) is 1. The Morgan fingerprint density at radius 1 is 1.17 bits per heavy atom. The van der Waals surface area contributed by atoms with Crippen LogP contribution in [0.4, 0.5) is 4.39 Å². The van der Waals surface area contributed by atoms with Gasteiger partial charge in [-0.05, 0) is 40.1 Å². The van der Waals surface area contributed by atoms with Crippen molar-refractivity contribution < 1.29 is 13.6 Å². The fraction of sp³-hybridized carbons (Fsp3) is 0.538. The summed E-state index contributed by atoms with van der Waals surface area (Å²) in [7, 11) is -0.491. The fourth-order valence-corrected chi connectivity index (χ4v) is 2.74. The molecule has 0 aliphatic heterocycles. The predicted molar refractivity (Wildman–Crippen MR) is 78.5 cm³/mol. The molecule has 0 heterocycles. The molecule has 1 aromatic rings. The third-order valence-corrected chi connectivity index (χ3v) is 8.34. The lowest BCUT2D eigenvalue weighted by molar-refractivity contribution is 0.382. The minimum Gasteiger partial charge on any atom is -0.543 e. The van der Waals surface area contributed by atoms with Gasteiger partial charge in [-0.25, -0.2) is 4.39 Å². The van der Waals surface area contributed by atoms with Gasteiger partial charge >= 0.3 is 0 Å². The van der Waals surface area contributed by atoms with E-state index in [9.17, 15) is 4.39 Å². The second-order valence-electron chi connectivity index (χ2n) is 5.78. The average molecular weight is 335 g/mol. The molecule has 0 aliphatic rings. The number of hydrogen-bond acceptors (Lipinski definition) is 2. The number of halogens is 2. The highest BCUT2D eigenvalue weighted by Gasteiger charge is 2.39. The standard InChI is InChI=1S/C13H20BrFO2Si/c1-13(2,3)18(5,6)17-11-8-12(16-4)10(15)7-9(11)14/h7-8H,1-6H3. The van der Waals surface area contributed by atoms with Crippen LogP contribution in [-0.4, -0.2) is 15.4 Å². The molecule has 0 N–H and O–H groups in total. The Labute approximate surface area is 118 Å². The molecule has 102 valence electrons. The number of benzene rings is 1. The summed E-state index contributed by atoms with van der Waals surface area (Å²) in [6.45, 7) is 10.8. The molecule has 0 spiro atoms. The summed E-state index contributed by atoms with van der Waals surface area (Å²) < 4.78 is 25.2. The van der Waals surface area contributed by atoms with E-state index < -0.39 is 14.1 Å². The van der Waals surface area contributed by atoms with E-state index in [4.69, 9.17) is 9.16 Å². The van der Waals surface area contributed by atoms with Crippen LogP contribution in [0.25, 0.3) is 0 Å². The maximum atomic E-state index is 13.5. The van der Waals surface area contributed by atoms with E-state index in [-0.39, 0.29) is 10.8 Å². The summed E-state index contributed by atoms with van der Waals surface area (Å²) in [6.07, 6.45) is 0. The SMILES string of the molecule is COc1cc(O[Si](C)(C)C(C)(C)C)c(Br)cc1F. The van der Waals surface area contributed by atoms with Crippen molar-refractivity contribution >= 4 is 24.2 Å². The maximum Gasteiger partial charge on any atom is 0.250 e. The van der Waals surface area contributed by atoms with E-state index >= 15 is 0 Å². The molecular formula is C13H20BrFO2Si. The summed E-state index contributed by atoms with van der Waals surface area (Å²) in [6, 6.07) is 2.97. The first-order chi connectivity index (χ1) is 8.08. The molecule has 0 amide bonds. The Kier molecular flexibility index (Phi) is 4.49. The van der Waals surface area contributed by atoms with Crippen LogP contribution in [0.3, 0.4) is 0 Å².